The Morgan fingerprint density at radius 1 is 1.23 bits per heavy atom. The van der Waals surface area contributed by atoms with Crippen molar-refractivity contribution < 1.29 is 19.1 Å². The maximum Gasteiger partial charge on any atom is 0.246 e. The number of halogens is 2. The molecule has 2 aliphatic rings. The molecule has 8 heteroatoms. The van der Waals surface area contributed by atoms with E-state index in [-0.39, 0.29) is 22.9 Å². The third-order valence-electron chi connectivity index (χ3n) is 5.64. The highest BCUT2D eigenvalue weighted by atomic mass is 35.5. The summed E-state index contributed by atoms with van der Waals surface area (Å²) in [6.45, 7) is 4.64. The van der Waals surface area contributed by atoms with Crippen LogP contribution in [0.5, 0.6) is 0 Å². The highest BCUT2D eigenvalue weighted by Gasteiger charge is 2.23. The molecular weight excluding hydrogens is 409 g/mol. The van der Waals surface area contributed by atoms with Crippen molar-refractivity contribution in [2.75, 3.05) is 45.8 Å². The predicted octanol–water partition coefficient (Wildman–Crippen LogP) is 2.40. The van der Waals surface area contributed by atoms with E-state index >= 15 is 0 Å². The molecule has 0 spiro atoms. The lowest BCUT2D eigenvalue weighted by Gasteiger charge is -2.30. The van der Waals surface area contributed by atoms with Crippen molar-refractivity contribution in [3.8, 4) is 0 Å². The molecule has 0 saturated carbocycles. The Morgan fingerprint density at radius 3 is 2.83 bits per heavy atom. The number of β-amino-alcohol motifs (C(OH)–C–C–N with tert-alkyl or cyclic N) is 1. The Hall–Kier alpha value is -1.96. The molecule has 6 nitrogen and oxygen atoms in total. The number of aliphatic hydroxyl groups is 1. The van der Waals surface area contributed by atoms with Crippen LogP contribution in [0.2, 0.25) is 5.02 Å². The lowest BCUT2D eigenvalue weighted by atomic mass is 10.1. The van der Waals surface area contributed by atoms with Crippen LogP contribution in [-0.2, 0) is 9.59 Å². The van der Waals surface area contributed by atoms with Crippen molar-refractivity contribution in [2.24, 2.45) is 0 Å². The van der Waals surface area contributed by atoms with E-state index in [1.54, 1.807) is 17.0 Å². The fourth-order valence-electron chi connectivity index (χ4n) is 3.93. The SMILES string of the molecule is O=C(/C=C/c1ccc(F)c(Cl)c1)N1CCC(=O)N(CCCN2CCC[C@@H](O)C2)CC1. The molecule has 2 fully saturated rings. The molecule has 0 radical (unpaired) electrons. The van der Waals surface area contributed by atoms with Crippen LogP contribution in [0.3, 0.4) is 0 Å². The molecule has 2 saturated heterocycles. The topological polar surface area (TPSA) is 64.1 Å². The summed E-state index contributed by atoms with van der Waals surface area (Å²) in [6.07, 6.45) is 5.85. The van der Waals surface area contributed by atoms with Gasteiger partial charge in [-0.15, -0.1) is 0 Å². The van der Waals surface area contributed by atoms with Gasteiger partial charge in [-0.3, -0.25) is 9.59 Å². The number of rotatable bonds is 6. The standard InChI is InChI=1S/C22H29ClFN3O3/c23-19-15-17(4-6-20(19)24)5-7-21(29)27-12-8-22(30)26(13-14-27)11-2-10-25-9-1-3-18(28)16-25/h4-7,15,18,28H,1-3,8-14,16H2/b7-5+/t18-/m1/s1. The van der Waals surface area contributed by atoms with Crippen LogP contribution in [0.15, 0.2) is 24.3 Å². The Morgan fingerprint density at radius 2 is 2.07 bits per heavy atom. The molecule has 0 aliphatic carbocycles. The summed E-state index contributed by atoms with van der Waals surface area (Å²) in [4.78, 5) is 30.7. The average Bonchev–Trinajstić information content (AvgIpc) is 2.91. The highest BCUT2D eigenvalue weighted by molar-refractivity contribution is 6.30. The van der Waals surface area contributed by atoms with Crippen molar-refractivity contribution in [3.05, 3.63) is 40.7 Å². The van der Waals surface area contributed by atoms with Crippen molar-refractivity contribution in [2.45, 2.75) is 31.8 Å². The molecule has 1 aromatic rings. The van der Waals surface area contributed by atoms with Gasteiger partial charge < -0.3 is 19.8 Å². The number of benzene rings is 1. The third kappa shape index (κ3) is 6.52. The molecular formula is C22H29ClFN3O3. The Labute approximate surface area is 181 Å². The number of hydrogen-bond donors (Lipinski definition) is 1. The molecule has 2 aliphatic heterocycles. The van der Waals surface area contributed by atoms with E-state index in [0.717, 1.165) is 32.4 Å². The maximum absolute atomic E-state index is 13.2. The fourth-order valence-corrected chi connectivity index (χ4v) is 4.12. The molecule has 2 heterocycles. The number of carbonyl (C=O) groups is 2. The van der Waals surface area contributed by atoms with Gasteiger partial charge in [-0.1, -0.05) is 17.7 Å². The second kappa shape index (κ2) is 10.9. The summed E-state index contributed by atoms with van der Waals surface area (Å²) in [5.41, 5.74) is 0.644. The van der Waals surface area contributed by atoms with Gasteiger partial charge in [0.1, 0.15) is 5.82 Å². The molecule has 1 N–H and O–H groups in total. The van der Waals surface area contributed by atoms with Crippen LogP contribution in [-0.4, -0.2) is 83.5 Å². The first-order chi connectivity index (χ1) is 14.4. The van der Waals surface area contributed by atoms with Crippen LogP contribution in [0, 0.1) is 5.82 Å². The Bertz CT molecular complexity index is 789. The van der Waals surface area contributed by atoms with Gasteiger partial charge in [0.2, 0.25) is 11.8 Å². The number of piperidine rings is 1. The molecule has 30 heavy (non-hydrogen) atoms. The van der Waals surface area contributed by atoms with Crippen molar-refractivity contribution in [3.63, 3.8) is 0 Å². The van der Waals surface area contributed by atoms with Gasteiger partial charge in [-0.25, -0.2) is 4.39 Å². The zero-order valence-corrected chi connectivity index (χ0v) is 17.9. The Balaban J connectivity index is 1.46. The molecule has 3 rings (SSSR count). The second-order valence-electron chi connectivity index (χ2n) is 7.91. The number of amides is 2. The second-order valence-corrected chi connectivity index (χ2v) is 8.32. The number of aliphatic hydroxyl groups excluding tert-OH is 1. The molecule has 1 aromatic carbocycles. The predicted molar refractivity (Wildman–Crippen MR) is 115 cm³/mol. The molecule has 0 bridgehead atoms. The van der Waals surface area contributed by atoms with Gasteiger partial charge in [0.25, 0.3) is 0 Å². The summed E-state index contributed by atoms with van der Waals surface area (Å²) in [5.74, 6) is -0.603. The lowest BCUT2D eigenvalue weighted by Crippen LogP contribution is -2.40. The summed E-state index contributed by atoms with van der Waals surface area (Å²) in [7, 11) is 0. The first-order valence-electron chi connectivity index (χ1n) is 10.5. The smallest absolute Gasteiger partial charge is 0.246 e. The van der Waals surface area contributed by atoms with Crippen molar-refractivity contribution >= 4 is 29.5 Å². The minimum Gasteiger partial charge on any atom is -0.392 e. The summed E-state index contributed by atoms with van der Waals surface area (Å²) < 4.78 is 13.2. The molecule has 164 valence electrons. The van der Waals surface area contributed by atoms with Crippen molar-refractivity contribution in [1.82, 2.24) is 14.7 Å². The number of likely N-dealkylation sites (tertiary alicyclic amines) is 1. The van der Waals surface area contributed by atoms with Crippen LogP contribution in [0.4, 0.5) is 4.39 Å². The number of hydrogen-bond acceptors (Lipinski definition) is 4. The number of carbonyl (C=O) groups excluding carboxylic acids is 2. The van der Waals surface area contributed by atoms with Gasteiger partial charge >= 0.3 is 0 Å². The molecule has 1 atom stereocenters. The van der Waals surface area contributed by atoms with Crippen LogP contribution < -0.4 is 0 Å². The molecule has 0 unspecified atom stereocenters. The van der Waals surface area contributed by atoms with Crippen LogP contribution >= 0.6 is 11.6 Å². The van der Waals surface area contributed by atoms with Crippen LogP contribution in [0.1, 0.15) is 31.2 Å². The zero-order valence-electron chi connectivity index (χ0n) is 17.1. The fraction of sp³-hybridized carbons (Fsp3) is 0.545. The van der Waals surface area contributed by atoms with E-state index in [9.17, 15) is 19.1 Å². The number of nitrogens with zero attached hydrogens (tertiary/aromatic N) is 3. The third-order valence-corrected chi connectivity index (χ3v) is 5.93. The van der Waals surface area contributed by atoms with E-state index in [0.29, 0.717) is 44.7 Å². The normalized spacial score (nSPS) is 21.3. The molecule has 2 amide bonds. The summed E-state index contributed by atoms with van der Waals surface area (Å²) in [6, 6.07) is 4.29. The van der Waals surface area contributed by atoms with E-state index in [2.05, 4.69) is 4.90 Å². The maximum atomic E-state index is 13.2. The monoisotopic (exact) mass is 437 g/mol. The van der Waals surface area contributed by atoms with Gasteiger partial charge in [0.15, 0.2) is 0 Å². The quantitative estimate of drug-likeness (QED) is 0.694. The van der Waals surface area contributed by atoms with Crippen molar-refractivity contribution in [1.29, 1.82) is 0 Å². The van der Waals surface area contributed by atoms with E-state index in [1.165, 1.54) is 18.2 Å². The van der Waals surface area contributed by atoms with E-state index in [1.807, 2.05) is 4.90 Å². The minimum absolute atomic E-state index is 0.0136. The Kier molecular flexibility index (Phi) is 8.24. The highest BCUT2D eigenvalue weighted by Crippen LogP contribution is 2.17. The van der Waals surface area contributed by atoms with Gasteiger partial charge in [0, 0.05) is 45.2 Å². The van der Waals surface area contributed by atoms with Gasteiger partial charge in [-0.2, -0.15) is 0 Å². The van der Waals surface area contributed by atoms with E-state index < -0.39 is 5.82 Å². The summed E-state index contributed by atoms with van der Waals surface area (Å²) in [5, 5.41) is 9.77. The van der Waals surface area contributed by atoms with E-state index in [4.69, 9.17) is 11.6 Å². The van der Waals surface area contributed by atoms with Gasteiger partial charge in [-0.05, 0) is 56.1 Å². The summed E-state index contributed by atoms with van der Waals surface area (Å²) >= 11 is 5.77. The van der Waals surface area contributed by atoms with Gasteiger partial charge in [0.05, 0.1) is 11.1 Å². The van der Waals surface area contributed by atoms with Crippen LogP contribution in [0.25, 0.3) is 6.08 Å². The first-order valence-corrected chi connectivity index (χ1v) is 10.9. The lowest BCUT2D eigenvalue weighted by molar-refractivity contribution is -0.130. The zero-order chi connectivity index (χ0) is 21.5. The average molecular weight is 438 g/mol. The largest absolute Gasteiger partial charge is 0.392 e. The first kappa shape index (κ1) is 22.7. The molecule has 0 aromatic heterocycles. The minimum atomic E-state index is -0.497.